The Hall–Kier alpha value is -3.35. The topological polar surface area (TPSA) is 72.7 Å². The van der Waals surface area contributed by atoms with E-state index in [1.165, 1.54) is 0 Å². The molecule has 0 fully saturated rings. The van der Waals surface area contributed by atoms with Crippen molar-refractivity contribution in [3.63, 3.8) is 0 Å². The molecular formula is C24H19Cl2N3O3. The largest absolute Gasteiger partial charge is 0.464 e. The summed E-state index contributed by atoms with van der Waals surface area (Å²) in [6.07, 6.45) is 1.65. The molecule has 0 saturated heterocycles. The van der Waals surface area contributed by atoms with Gasteiger partial charge in [-0.15, -0.1) is 0 Å². The van der Waals surface area contributed by atoms with E-state index in [0.29, 0.717) is 32.6 Å². The van der Waals surface area contributed by atoms with Crippen LogP contribution >= 0.6 is 23.2 Å². The fourth-order valence-electron chi connectivity index (χ4n) is 3.40. The third-order valence-corrected chi connectivity index (χ3v) is 5.32. The Morgan fingerprint density at radius 3 is 2.38 bits per heavy atom. The second kappa shape index (κ2) is 9.42. The Labute approximate surface area is 194 Å². The molecule has 2 aromatic heterocycles. The standard InChI is InChI=1S/C24H19Cl2N3O3/c1-2-32-24(31)21(28-23(30)16-6-4-3-5-7-16)22-20(15-8-10-17(25)11-9-15)27-19-13-12-18(26)14-29(19)22/h3-14,21H,2H2,1H3,(H,28,30). The third kappa shape index (κ3) is 4.47. The summed E-state index contributed by atoms with van der Waals surface area (Å²) in [5.41, 5.74) is 2.66. The molecule has 162 valence electrons. The monoisotopic (exact) mass is 467 g/mol. The van der Waals surface area contributed by atoms with E-state index in [1.807, 2.05) is 6.07 Å². The fraction of sp³-hybridized carbons (Fsp3) is 0.125. The van der Waals surface area contributed by atoms with Gasteiger partial charge in [-0.2, -0.15) is 0 Å². The highest BCUT2D eigenvalue weighted by Gasteiger charge is 2.31. The highest BCUT2D eigenvalue weighted by Crippen LogP contribution is 2.32. The second-order valence-electron chi connectivity index (χ2n) is 6.95. The number of benzene rings is 2. The fourth-order valence-corrected chi connectivity index (χ4v) is 3.69. The number of amides is 1. The number of carbonyl (C=O) groups excluding carboxylic acids is 2. The second-order valence-corrected chi connectivity index (χ2v) is 7.83. The molecule has 6 nitrogen and oxygen atoms in total. The molecule has 1 N–H and O–H groups in total. The molecule has 0 radical (unpaired) electrons. The van der Waals surface area contributed by atoms with Gasteiger partial charge in [-0.25, -0.2) is 9.78 Å². The molecule has 0 bridgehead atoms. The SMILES string of the molecule is CCOC(=O)C(NC(=O)c1ccccc1)c1c(-c2ccc(Cl)cc2)nc2ccc(Cl)cn12. The molecule has 8 heteroatoms. The molecule has 0 aliphatic heterocycles. The van der Waals surface area contributed by atoms with Crippen molar-refractivity contribution < 1.29 is 14.3 Å². The zero-order chi connectivity index (χ0) is 22.7. The zero-order valence-corrected chi connectivity index (χ0v) is 18.6. The van der Waals surface area contributed by atoms with Gasteiger partial charge in [0.15, 0.2) is 6.04 Å². The number of hydrogen-bond acceptors (Lipinski definition) is 4. The number of rotatable bonds is 6. The summed E-state index contributed by atoms with van der Waals surface area (Å²) in [4.78, 5) is 30.7. The summed E-state index contributed by atoms with van der Waals surface area (Å²) >= 11 is 12.3. The first-order valence-corrected chi connectivity index (χ1v) is 10.7. The van der Waals surface area contributed by atoms with Crippen molar-refractivity contribution in [1.29, 1.82) is 0 Å². The molecule has 2 aromatic carbocycles. The van der Waals surface area contributed by atoms with Gasteiger partial charge in [0.2, 0.25) is 0 Å². The summed E-state index contributed by atoms with van der Waals surface area (Å²) in [5, 5.41) is 3.84. The molecule has 32 heavy (non-hydrogen) atoms. The maximum Gasteiger partial charge on any atom is 0.335 e. The Morgan fingerprint density at radius 2 is 1.69 bits per heavy atom. The van der Waals surface area contributed by atoms with Crippen LogP contribution in [0.3, 0.4) is 0 Å². The van der Waals surface area contributed by atoms with Gasteiger partial charge in [-0.1, -0.05) is 53.5 Å². The number of carbonyl (C=O) groups is 2. The number of halogens is 2. The Balaban J connectivity index is 1.89. The van der Waals surface area contributed by atoms with Crippen molar-refractivity contribution in [2.75, 3.05) is 6.61 Å². The minimum Gasteiger partial charge on any atom is -0.464 e. The lowest BCUT2D eigenvalue weighted by Gasteiger charge is -2.19. The molecule has 2 heterocycles. The Bertz CT molecular complexity index is 1270. The summed E-state index contributed by atoms with van der Waals surface area (Å²) in [5.74, 6) is -1.02. The molecule has 4 aromatic rings. The molecule has 1 amide bonds. The number of nitrogens with one attached hydrogen (secondary N) is 1. The first-order valence-electron chi connectivity index (χ1n) is 9.94. The maximum atomic E-state index is 13.0. The number of aromatic nitrogens is 2. The molecule has 4 rings (SSSR count). The summed E-state index contributed by atoms with van der Waals surface area (Å²) in [6, 6.07) is 18.1. The molecule has 0 spiro atoms. The van der Waals surface area contributed by atoms with Crippen LogP contribution in [0.4, 0.5) is 0 Å². The van der Waals surface area contributed by atoms with Gasteiger partial charge in [0, 0.05) is 22.3 Å². The third-order valence-electron chi connectivity index (χ3n) is 4.84. The zero-order valence-electron chi connectivity index (χ0n) is 17.1. The van der Waals surface area contributed by atoms with Crippen LogP contribution in [0.5, 0.6) is 0 Å². The van der Waals surface area contributed by atoms with Crippen molar-refractivity contribution in [1.82, 2.24) is 14.7 Å². The maximum absolute atomic E-state index is 13.0. The first kappa shape index (κ1) is 21.9. The number of nitrogens with zero attached hydrogens (tertiary/aromatic N) is 2. The minimum absolute atomic E-state index is 0.157. The van der Waals surface area contributed by atoms with Crippen LogP contribution in [0, 0.1) is 0 Å². The highest BCUT2D eigenvalue weighted by atomic mass is 35.5. The highest BCUT2D eigenvalue weighted by molar-refractivity contribution is 6.30. The van der Waals surface area contributed by atoms with Crippen molar-refractivity contribution >= 4 is 40.7 Å². The van der Waals surface area contributed by atoms with E-state index in [-0.39, 0.29) is 6.61 Å². The summed E-state index contributed by atoms with van der Waals surface area (Å²) in [6.45, 7) is 1.86. The average molecular weight is 468 g/mol. The Kier molecular flexibility index (Phi) is 6.44. The van der Waals surface area contributed by atoms with E-state index in [9.17, 15) is 9.59 Å². The van der Waals surface area contributed by atoms with E-state index in [1.54, 1.807) is 78.2 Å². The van der Waals surface area contributed by atoms with Crippen LogP contribution in [0.15, 0.2) is 72.9 Å². The smallest absolute Gasteiger partial charge is 0.335 e. The summed E-state index contributed by atoms with van der Waals surface area (Å²) in [7, 11) is 0. The average Bonchev–Trinajstić information content (AvgIpc) is 3.16. The van der Waals surface area contributed by atoms with Crippen molar-refractivity contribution in [2.24, 2.45) is 0 Å². The lowest BCUT2D eigenvalue weighted by molar-refractivity contribution is -0.145. The Morgan fingerprint density at radius 1 is 1.00 bits per heavy atom. The van der Waals surface area contributed by atoms with Gasteiger partial charge in [-0.05, 0) is 43.3 Å². The number of pyridine rings is 1. The molecule has 1 unspecified atom stereocenters. The minimum atomic E-state index is -1.12. The van der Waals surface area contributed by atoms with Gasteiger partial charge in [0.05, 0.1) is 23.0 Å². The number of esters is 1. The van der Waals surface area contributed by atoms with Gasteiger partial charge < -0.3 is 10.1 Å². The molecular weight excluding hydrogens is 449 g/mol. The van der Waals surface area contributed by atoms with E-state index < -0.39 is 17.9 Å². The van der Waals surface area contributed by atoms with Gasteiger partial charge in [-0.3, -0.25) is 9.20 Å². The normalized spacial score (nSPS) is 11.8. The predicted octanol–water partition coefficient (Wildman–Crippen LogP) is 5.34. The van der Waals surface area contributed by atoms with Crippen molar-refractivity contribution in [2.45, 2.75) is 13.0 Å². The lowest BCUT2D eigenvalue weighted by Crippen LogP contribution is -2.36. The van der Waals surface area contributed by atoms with E-state index >= 15 is 0 Å². The number of ether oxygens (including phenoxy) is 1. The van der Waals surface area contributed by atoms with Crippen LogP contribution in [0.25, 0.3) is 16.9 Å². The van der Waals surface area contributed by atoms with E-state index in [2.05, 4.69) is 5.32 Å². The number of hydrogen-bond donors (Lipinski definition) is 1. The lowest BCUT2D eigenvalue weighted by atomic mass is 10.0. The van der Waals surface area contributed by atoms with Gasteiger partial charge in [0.1, 0.15) is 5.65 Å². The van der Waals surface area contributed by atoms with Crippen LogP contribution in [0.1, 0.15) is 29.0 Å². The van der Waals surface area contributed by atoms with Crippen LogP contribution < -0.4 is 5.32 Å². The molecule has 0 aliphatic rings. The van der Waals surface area contributed by atoms with Gasteiger partial charge >= 0.3 is 5.97 Å². The first-order chi connectivity index (χ1) is 15.5. The summed E-state index contributed by atoms with van der Waals surface area (Å²) < 4.78 is 7.00. The quantitative estimate of drug-likeness (QED) is 0.388. The van der Waals surface area contributed by atoms with Crippen LogP contribution in [-0.4, -0.2) is 27.9 Å². The van der Waals surface area contributed by atoms with E-state index in [4.69, 9.17) is 32.9 Å². The van der Waals surface area contributed by atoms with Crippen LogP contribution in [0.2, 0.25) is 10.0 Å². The van der Waals surface area contributed by atoms with E-state index in [0.717, 1.165) is 5.56 Å². The number of imidazole rings is 1. The van der Waals surface area contributed by atoms with Crippen molar-refractivity contribution in [3.8, 4) is 11.3 Å². The number of fused-ring (bicyclic) bond motifs is 1. The predicted molar refractivity (Wildman–Crippen MR) is 124 cm³/mol. The molecule has 1 atom stereocenters. The van der Waals surface area contributed by atoms with Crippen molar-refractivity contribution in [3.05, 3.63) is 94.2 Å². The molecule has 0 saturated carbocycles. The molecule has 0 aliphatic carbocycles. The van der Waals surface area contributed by atoms with Gasteiger partial charge in [0.25, 0.3) is 5.91 Å². The van der Waals surface area contributed by atoms with Crippen LogP contribution in [-0.2, 0) is 9.53 Å².